The highest BCUT2D eigenvalue weighted by Gasteiger charge is 2.19. The van der Waals surface area contributed by atoms with Crippen LogP contribution in [0.1, 0.15) is 17.9 Å². The molecule has 0 fully saturated rings. The second-order valence-electron chi connectivity index (χ2n) is 3.64. The van der Waals surface area contributed by atoms with Crippen LogP contribution in [0.4, 0.5) is 5.69 Å². The molecule has 1 aromatic rings. The summed E-state index contributed by atoms with van der Waals surface area (Å²) in [6, 6.07) is 5.46. The van der Waals surface area contributed by atoms with Crippen LogP contribution < -0.4 is 5.32 Å². The summed E-state index contributed by atoms with van der Waals surface area (Å²) >= 11 is 0. The average molecular weight is 193 g/mol. The van der Waals surface area contributed by atoms with Gasteiger partial charge in [0.1, 0.15) is 5.75 Å². The number of phenols is 1. The third kappa shape index (κ3) is 1.68. The third-order valence-electron chi connectivity index (χ3n) is 2.65. The summed E-state index contributed by atoms with van der Waals surface area (Å²) in [5.41, 5.74) is 2.29. The van der Waals surface area contributed by atoms with E-state index < -0.39 is 0 Å². The van der Waals surface area contributed by atoms with Crippen molar-refractivity contribution in [2.75, 3.05) is 25.6 Å². The number of hydrogen-bond acceptors (Lipinski definition) is 3. The first-order valence-electron chi connectivity index (χ1n) is 4.87. The van der Waals surface area contributed by atoms with Gasteiger partial charge in [0.2, 0.25) is 0 Å². The first-order valence-corrected chi connectivity index (χ1v) is 4.87. The number of anilines is 1. The van der Waals surface area contributed by atoms with E-state index in [1.807, 2.05) is 12.1 Å². The SMILES string of the molecule is COCC1CCNc2ccc(O)cc21. The van der Waals surface area contributed by atoms with Crippen molar-refractivity contribution in [1.29, 1.82) is 0 Å². The Balaban J connectivity index is 2.32. The molecular formula is C11H15NO2. The maximum absolute atomic E-state index is 9.41. The smallest absolute Gasteiger partial charge is 0.116 e. The van der Waals surface area contributed by atoms with Crippen LogP contribution >= 0.6 is 0 Å². The van der Waals surface area contributed by atoms with Crippen LogP contribution in [0.5, 0.6) is 5.75 Å². The highest BCUT2D eigenvalue weighted by atomic mass is 16.5. The molecule has 0 spiro atoms. The number of rotatable bonds is 2. The molecule has 3 heteroatoms. The molecule has 1 heterocycles. The van der Waals surface area contributed by atoms with Gasteiger partial charge in [-0.1, -0.05) is 0 Å². The number of aromatic hydroxyl groups is 1. The standard InChI is InChI=1S/C11H15NO2/c1-14-7-8-4-5-12-11-3-2-9(13)6-10(8)11/h2-3,6,8,12-13H,4-5,7H2,1H3. The van der Waals surface area contributed by atoms with Gasteiger partial charge in [0.15, 0.2) is 0 Å². The largest absolute Gasteiger partial charge is 0.508 e. The highest BCUT2D eigenvalue weighted by Crippen LogP contribution is 2.33. The van der Waals surface area contributed by atoms with E-state index in [1.54, 1.807) is 13.2 Å². The number of nitrogens with one attached hydrogen (secondary N) is 1. The van der Waals surface area contributed by atoms with Gasteiger partial charge >= 0.3 is 0 Å². The number of benzene rings is 1. The summed E-state index contributed by atoms with van der Waals surface area (Å²) in [7, 11) is 1.71. The maximum Gasteiger partial charge on any atom is 0.116 e. The lowest BCUT2D eigenvalue weighted by Crippen LogP contribution is -2.19. The number of ether oxygens (including phenoxy) is 1. The molecule has 3 nitrogen and oxygen atoms in total. The van der Waals surface area contributed by atoms with Crippen molar-refractivity contribution in [2.45, 2.75) is 12.3 Å². The van der Waals surface area contributed by atoms with Crippen LogP contribution in [0.3, 0.4) is 0 Å². The van der Waals surface area contributed by atoms with Gasteiger partial charge in [-0.05, 0) is 30.2 Å². The van der Waals surface area contributed by atoms with Crippen LogP contribution in [0.2, 0.25) is 0 Å². The monoisotopic (exact) mass is 193 g/mol. The Kier molecular flexibility index (Phi) is 2.59. The third-order valence-corrected chi connectivity index (χ3v) is 2.65. The zero-order valence-electron chi connectivity index (χ0n) is 8.29. The Morgan fingerprint density at radius 2 is 2.43 bits per heavy atom. The molecule has 1 unspecified atom stereocenters. The fraction of sp³-hybridized carbons (Fsp3) is 0.455. The molecule has 0 bridgehead atoms. The van der Waals surface area contributed by atoms with Gasteiger partial charge in [-0.15, -0.1) is 0 Å². The van der Waals surface area contributed by atoms with Crippen LogP contribution in [0.15, 0.2) is 18.2 Å². The maximum atomic E-state index is 9.41. The van der Waals surface area contributed by atoms with Crippen LogP contribution in [0, 0.1) is 0 Å². The van der Waals surface area contributed by atoms with Crippen LogP contribution in [0.25, 0.3) is 0 Å². The van der Waals surface area contributed by atoms with Gasteiger partial charge in [0.25, 0.3) is 0 Å². The summed E-state index contributed by atoms with van der Waals surface area (Å²) in [6.07, 6.45) is 1.06. The van der Waals surface area contributed by atoms with Gasteiger partial charge in [-0.3, -0.25) is 0 Å². The van der Waals surface area contributed by atoms with Gasteiger partial charge in [-0.25, -0.2) is 0 Å². The summed E-state index contributed by atoms with van der Waals surface area (Å²) in [4.78, 5) is 0. The van der Waals surface area contributed by atoms with Crippen molar-refractivity contribution < 1.29 is 9.84 Å². The van der Waals surface area contributed by atoms with Crippen LogP contribution in [-0.2, 0) is 4.74 Å². The van der Waals surface area contributed by atoms with E-state index in [-0.39, 0.29) is 0 Å². The van der Waals surface area contributed by atoms with Gasteiger partial charge in [0.05, 0.1) is 6.61 Å². The van der Waals surface area contributed by atoms with E-state index >= 15 is 0 Å². The zero-order chi connectivity index (χ0) is 9.97. The van der Waals surface area contributed by atoms with Crippen molar-refractivity contribution in [3.63, 3.8) is 0 Å². The Morgan fingerprint density at radius 1 is 1.57 bits per heavy atom. The first-order chi connectivity index (χ1) is 6.81. The average Bonchev–Trinajstić information content (AvgIpc) is 2.19. The minimum atomic E-state index is 0.327. The predicted octanol–water partition coefficient (Wildman–Crippen LogP) is 1.94. The number of fused-ring (bicyclic) bond motifs is 1. The summed E-state index contributed by atoms with van der Waals surface area (Å²) in [5.74, 6) is 0.733. The number of hydrogen-bond donors (Lipinski definition) is 2. The molecule has 0 amide bonds. The lowest BCUT2D eigenvalue weighted by atomic mass is 9.91. The van der Waals surface area contributed by atoms with Gasteiger partial charge < -0.3 is 15.2 Å². The van der Waals surface area contributed by atoms with Crippen molar-refractivity contribution in [2.24, 2.45) is 0 Å². The second kappa shape index (κ2) is 3.88. The van der Waals surface area contributed by atoms with Crippen molar-refractivity contribution in [3.8, 4) is 5.75 Å². The lowest BCUT2D eigenvalue weighted by Gasteiger charge is -2.26. The molecule has 2 rings (SSSR count). The number of methoxy groups -OCH3 is 1. The van der Waals surface area contributed by atoms with Gasteiger partial charge in [0, 0.05) is 25.3 Å². The zero-order valence-corrected chi connectivity index (χ0v) is 8.29. The predicted molar refractivity (Wildman–Crippen MR) is 55.8 cm³/mol. The first kappa shape index (κ1) is 9.34. The fourth-order valence-corrected chi connectivity index (χ4v) is 1.96. The van der Waals surface area contributed by atoms with E-state index in [2.05, 4.69) is 5.32 Å². The molecule has 1 aliphatic rings. The molecule has 1 aromatic carbocycles. The fourth-order valence-electron chi connectivity index (χ4n) is 1.96. The van der Waals surface area contributed by atoms with Crippen LogP contribution in [-0.4, -0.2) is 25.4 Å². The Hall–Kier alpha value is -1.22. The molecular weight excluding hydrogens is 178 g/mol. The van der Waals surface area contributed by atoms with E-state index in [0.717, 1.165) is 30.8 Å². The molecule has 76 valence electrons. The lowest BCUT2D eigenvalue weighted by molar-refractivity contribution is 0.176. The molecule has 2 N–H and O–H groups in total. The van der Waals surface area contributed by atoms with Gasteiger partial charge in [-0.2, -0.15) is 0 Å². The summed E-state index contributed by atoms with van der Waals surface area (Å²) in [5, 5.41) is 12.7. The Labute approximate surface area is 83.7 Å². The molecule has 0 saturated carbocycles. The van der Waals surface area contributed by atoms with Crippen molar-refractivity contribution in [3.05, 3.63) is 23.8 Å². The van der Waals surface area contributed by atoms with E-state index in [4.69, 9.17) is 4.74 Å². The topological polar surface area (TPSA) is 41.5 Å². The molecule has 0 saturated heterocycles. The molecule has 0 aliphatic carbocycles. The quantitative estimate of drug-likeness (QED) is 0.705. The summed E-state index contributed by atoms with van der Waals surface area (Å²) in [6.45, 7) is 1.70. The van der Waals surface area contributed by atoms with Crippen molar-refractivity contribution >= 4 is 5.69 Å². The molecule has 1 atom stereocenters. The minimum Gasteiger partial charge on any atom is -0.508 e. The second-order valence-corrected chi connectivity index (χ2v) is 3.64. The molecule has 0 aromatic heterocycles. The van der Waals surface area contributed by atoms with E-state index in [9.17, 15) is 5.11 Å². The van der Waals surface area contributed by atoms with Crippen molar-refractivity contribution in [1.82, 2.24) is 0 Å². The Morgan fingerprint density at radius 3 is 3.21 bits per heavy atom. The molecule has 0 radical (unpaired) electrons. The van der Waals surface area contributed by atoms with E-state index in [1.165, 1.54) is 0 Å². The molecule has 14 heavy (non-hydrogen) atoms. The Bertz CT molecular complexity index is 325. The molecule has 1 aliphatic heterocycles. The number of phenolic OH excluding ortho intramolecular Hbond substituents is 1. The van der Waals surface area contributed by atoms with E-state index in [0.29, 0.717) is 11.7 Å². The summed E-state index contributed by atoms with van der Waals surface area (Å²) < 4.78 is 5.17. The minimum absolute atomic E-state index is 0.327. The highest BCUT2D eigenvalue weighted by molar-refractivity contribution is 5.57. The normalized spacial score (nSPS) is 19.9.